The topological polar surface area (TPSA) is 170 Å². The molecule has 4 rings (SSSR count). The summed E-state index contributed by atoms with van der Waals surface area (Å²) in [6.07, 6.45) is 0. The molecule has 0 aliphatic carbocycles. The van der Waals surface area contributed by atoms with Gasteiger partial charge < -0.3 is 32.3 Å². The SMILES string of the molecule is CC#CCOCC#CC.CCOP(=O)(C#CC#CP(=O)(OCC)OCC)OCC.CCOP(=O)(OCC)c1c(C)c2c(c(C)c1-c1c(C)c3c(c(C)c1P(=O)(OCC)OCC)COC3)COC2. The molecule has 15 nitrogen and oxygen atoms in total. The van der Waals surface area contributed by atoms with E-state index in [0.29, 0.717) is 61.4 Å². The molecule has 0 saturated heterocycles. The van der Waals surface area contributed by atoms with Crippen LogP contribution >= 0.6 is 30.4 Å². The fraction of sp³-hybridized carbons (Fsp3) is 0.583. The number of ether oxygens (including phenoxy) is 3. The zero-order valence-corrected chi connectivity index (χ0v) is 45.4. The summed E-state index contributed by atoms with van der Waals surface area (Å²) in [7, 11) is -14.5. The third-order valence-electron chi connectivity index (χ3n) is 9.80. The molecular weight excluding hydrogens is 940 g/mol. The van der Waals surface area contributed by atoms with Crippen molar-refractivity contribution >= 4 is 41.0 Å². The van der Waals surface area contributed by atoms with Gasteiger partial charge in [-0.1, -0.05) is 11.8 Å². The van der Waals surface area contributed by atoms with E-state index >= 15 is 0 Å². The van der Waals surface area contributed by atoms with Crippen molar-refractivity contribution in [3.63, 3.8) is 0 Å². The predicted octanol–water partition coefficient (Wildman–Crippen LogP) is 10.9. The van der Waals surface area contributed by atoms with Crippen LogP contribution in [0.4, 0.5) is 0 Å². The van der Waals surface area contributed by atoms with Crippen molar-refractivity contribution in [3.05, 3.63) is 44.5 Å². The van der Waals surface area contributed by atoms with Crippen LogP contribution in [0.3, 0.4) is 0 Å². The van der Waals surface area contributed by atoms with E-state index in [4.69, 9.17) is 50.4 Å². The summed E-state index contributed by atoms with van der Waals surface area (Å²) in [5, 5.41) is 0.982. The van der Waals surface area contributed by atoms with Crippen molar-refractivity contribution in [1.82, 2.24) is 0 Å². The highest BCUT2D eigenvalue weighted by molar-refractivity contribution is 7.63. The highest BCUT2D eigenvalue weighted by atomic mass is 31.2. The third-order valence-corrected chi connectivity index (χ3v) is 17.6. The molecule has 2 aliphatic heterocycles. The largest absolute Gasteiger partial charge is 0.406 e. The molecule has 0 spiro atoms. The molecule has 0 fully saturated rings. The van der Waals surface area contributed by atoms with Gasteiger partial charge in [0.05, 0.1) is 89.9 Å². The molecular formula is C48H70O15P4. The molecule has 2 aromatic carbocycles. The molecule has 2 heterocycles. The van der Waals surface area contributed by atoms with Crippen LogP contribution in [0, 0.1) is 74.5 Å². The molecule has 0 radical (unpaired) electrons. The van der Waals surface area contributed by atoms with Crippen molar-refractivity contribution in [2.75, 3.05) is 66.1 Å². The van der Waals surface area contributed by atoms with E-state index in [-0.39, 0.29) is 52.9 Å². The molecule has 0 atom stereocenters. The van der Waals surface area contributed by atoms with E-state index in [1.807, 2.05) is 27.7 Å². The Kier molecular flexibility index (Phi) is 27.0. The van der Waals surface area contributed by atoms with Gasteiger partial charge in [0.2, 0.25) is 0 Å². The van der Waals surface area contributed by atoms with Crippen LogP contribution in [-0.2, 0) is 95.1 Å². The van der Waals surface area contributed by atoms with Crippen molar-refractivity contribution in [2.24, 2.45) is 0 Å². The van der Waals surface area contributed by atoms with E-state index in [0.717, 1.165) is 44.5 Å². The van der Waals surface area contributed by atoms with Gasteiger partial charge in [0, 0.05) is 22.4 Å². The lowest BCUT2D eigenvalue weighted by Crippen LogP contribution is -2.26. The number of hydrogen-bond acceptors (Lipinski definition) is 15. The number of benzene rings is 2. The van der Waals surface area contributed by atoms with Gasteiger partial charge in [0.1, 0.15) is 13.2 Å². The normalized spacial score (nSPS) is 12.9. The van der Waals surface area contributed by atoms with Crippen LogP contribution in [0.5, 0.6) is 0 Å². The van der Waals surface area contributed by atoms with E-state index < -0.39 is 30.4 Å². The second-order valence-corrected chi connectivity index (χ2v) is 21.4. The number of rotatable bonds is 21. The molecule has 0 amide bonds. The van der Waals surface area contributed by atoms with Gasteiger partial charge in [-0.15, -0.1) is 11.8 Å². The zero-order valence-electron chi connectivity index (χ0n) is 41.8. The Labute approximate surface area is 400 Å². The maximum Gasteiger partial charge on any atom is 0.406 e. The van der Waals surface area contributed by atoms with Gasteiger partial charge in [-0.05, 0) is 153 Å². The second kappa shape index (κ2) is 30.0. The van der Waals surface area contributed by atoms with Crippen molar-refractivity contribution in [2.45, 2.75) is 123 Å². The fourth-order valence-corrected chi connectivity index (χ4v) is 13.6. The Morgan fingerprint density at radius 2 is 0.701 bits per heavy atom. The van der Waals surface area contributed by atoms with Gasteiger partial charge in [0.15, 0.2) is 0 Å². The van der Waals surface area contributed by atoms with Crippen LogP contribution < -0.4 is 10.6 Å². The second-order valence-electron chi connectivity index (χ2n) is 14.0. The van der Waals surface area contributed by atoms with Gasteiger partial charge in [0.25, 0.3) is 0 Å². The molecule has 67 heavy (non-hydrogen) atoms. The average Bonchev–Trinajstić information content (AvgIpc) is 3.99. The molecule has 372 valence electrons. The summed E-state index contributed by atoms with van der Waals surface area (Å²) in [5.41, 5.74) is 13.5. The quantitative estimate of drug-likeness (QED) is 0.0657. The van der Waals surface area contributed by atoms with Crippen LogP contribution in [0.25, 0.3) is 11.1 Å². The molecule has 19 heteroatoms. The van der Waals surface area contributed by atoms with Gasteiger partial charge in [-0.3, -0.25) is 27.2 Å². The molecule has 2 aromatic rings. The number of fused-ring (bicyclic) bond motifs is 2. The maximum absolute atomic E-state index is 14.6. The summed E-state index contributed by atoms with van der Waals surface area (Å²) in [6, 6.07) is 0. The van der Waals surface area contributed by atoms with E-state index in [1.54, 1.807) is 69.2 Å². The first-order valence-electron chi connectivity index (χ1n) is 22.4. The molecule has 0 N–H and O–H groups in total. The molecule has 0 saturated carbocycles. The summed E-state index contributed by atoms with van der Waals surface area (Å²) in [6.45, 7) is 29.8. The highest BCUT2D eigenvalue weighted by Crippen LogP contribution is 2.57. The van der Waals surface area contributed by atoms with E-state index in [9.17, 15) is 18.3 Å². The fourth-order valence-electron chi connectivity index (χ4n) is 7.20. The summed E-state index contributed by atoms with van der Waals surface area (Å²) < 4.78 is 113. The minimum absolute atomic E-state index is 0.204. The lowest BCUT2D eigenvalue weighted by Gasteiger charge is -2.30. The molecule has 0 aromatic heterocycles. The minimum atomic E-state index is -3.79. The van der Waals surface area contributed by atoms with Gasteiger partial charge in [-0.25, -0.2) is 9.13 Å². The van der Waals surface area contributed by atoms with E-state index in [1.165, 1.54) is 0 Å². The smallest absolute Gasteiger partial charge is 0.372 e. The van der Waals surface area contributed by atoms with Crippen LogP contribution in [-0.4, -0.2) is 66.1 Å². The zero-order chi connectivity index (χ0) is 50.3. The van der Waals surface area contributed by atoms with Gasteiger partial charge in [-0.2, -0.15) is 0 Å². The Morgan fingerprint density at radius 3 is 0.955 bits per heavy atom. The number of hydrogen-bond donors (Lipinski definition) is 0. The molecule has 2 aliphatic rings. The first-order valence-corrected chi connectivity index (χ1v) is 28.6. The maximum atomic E-state index is 14.6. The van der Waals surface area contributed by atoms with Gasteiger partial charge >= 0.3 is 30.4 Å². The Hall–Kier alpha value is -2.84. The summed E-state index contributed by atoms with van der Waals surface area (Å²) in [5.74, 6) is 15.6. The summed E-state index contributed by atoms with van der Waals surface area (Å²) >= 11 is 0. The first kappa shape index (κ1) is 60.3. The predicted molar refractivity (Wildman–Crippen MR) is 264 cm³/mol. The Bertz CT molecular complexity index is 2230. The standard InChI is InChI=1S/C28H40O8P2.C12H20O6P2.C8H10O/c1-9-33-37(29,34-10-2)27-19(7)23-15-31-13-21(23)17(5)25(27)26-18(6)22-14-32-16-24(22)20(8)28(26)38(30,35-11-3)36-12-4;1-5-15-19(13,16-6-2)11-9-10-12-20(14,17-7-3)18-8-4;1-3-5-7-9-8-6-4-2/h9-16H2,1-8H3;5-8H2,1-4H3;7-8H2,1-2H3. The Balaban J connectivity index is 0.000000443. The van der Waals surface area contributed by atoms with Crippen molar-refractivity contribution in [1.29, 1.82) is 0 Å². The van der Waals surface area contributed by atoms with Crippen LogP contribution in [0.1, 0.15) is 114 Å². The summed E-state index contributed by atoms with van der Waals surface area (Å²) in [4.78, 5) is 0. The molecule has 0 bridgehead atoms. The van der Waals surface area contributed by atoms with Crippen molar-refractivity contribution in [3.8, 4) is 58.0 Å². The highest BCUT2D eigenvalue weighted by Gasteiger charge is 2.42. The first-order chi connectivity index (χ1) is 32.0. The van der Waals surface area contributed by atoms with Crippen LogP contribution in [0.15, 0.2) is 0 Å². The lowest BCUT2D eigenvalue weighted by atomic mass is 9.85. The molecule has 0 unspecified atom stereocenters. The third kappa shape index (κ3) is 16.4. The van der Waals surface area contributed by atoms with Crippen molar-refractivity contribution < 1.29 is 68.7 Å². The Morgan fingerprint density at radius 1 is 0.433 bits per heavy atom. The van der Waals surface area contributed by atoms with E-state index in [2.05, 4.69) is 46.8 Å². The minimum Gasteiger partial charge on any atom is -0.372 e. The van der Waals surface area contributed by atoms with Crippen LogP contribution in [0.2, 0.25) is 0 Å². The monoisotopic (exact) mass is 1010 g/mol. The lowest BCUT2D eigenvalue weighted by molar-refractivity contribution is 0.134. The average molecular weight is 1010 g/mol.